The third-order valence-electron chi connectivity index (χ3n) is 3.59. The van der Waals surface area contributed by atoms with Gasteiger partial charge in [-0.05, 0) is 43.9 Å². The molecule has 3 nitrogen and oxygen atoms in total. The fraction of sp³-hybridized carbons (Fsp3) is 0.500. The molecule has 0 atom stereocenters. The van der Waals surface area contributed by atoms with Gasteiger partial charge in [-0.3, -0.25) is 0 Å². The molecule has 0 unspecified atom stereocenters. The van der Waals surface area contributed by atoms with Crippen LogP contribution in [-0.4, -0.2) is 12.1 Å². The van der Waals surface area contributed by atoms with Gasteiger partial charge in [-0.2, -0.15) is 18.4 Å². The summed E-state index contributed by atoms with van der Waals surface area (Å²) < 4.78 is 39.0. The van der Waals surface area contributed by atoms with E-state index in [4.69, 9.17) is 11.0 Å². The van der Waals surface area contributed by atoms with Crippen LogP contribution in [0.4, 0.5) is 18.9 Å². The predicted octanol–water partition coefficient (Wildman–Crippen LogP) is 3.26. The van der Waals surface area contributed by atoms with E-state index in [2.05, 4.69) is 5.32 Å². The highest BCUT2D eigenvalue weighted by molar-refractivity contribution is 5.56. The van der Waals surface area contributed by atoms with Crippen molar-refractivity contribution in [3.63, 3.8) is 0 Å². The molecule has 0 aromatic heterocycles. The molecule has 0 saturated heterocycles. The second-order valence-electron chi connectivity index (χ2n) is 5.13. The Morgan fingerprint density at radius 3 is 2.40 bits per heavy atom. The summed E-state index contributed by atoms with van der Waals surface area (Å²) in [4.78, 5) is 0. The molecule has 1 aliphatic carbocycles. The van der Waals surface area contributed by atoms with Crippen molar-refractivity contribution in [2.24, 2.45) is 5.73 Å². The van der Waals surface area contributed by atoms with Gasteiger partial charge in [0.15, 0.2) is 0 Å². The Morgan fingerprint density at radius 1 is 1.20 bits per heavy atom. The van der Waals surface area contributed by atoms with Gasteiger partial charge in [-0.15, -0.1) is 0 Å². The maximum atomic E-state index is 13.0. The van der Waals surface area contributed by atoms with Crippen LogP contribution >= 0.6 is 0 Å². The molecule has 0 spiro atoms. The summed E-state index contributed by atoms with van der Waals surface area (Å²) in [5.41, 5.74) is 5.04. The average Bonchev–Trinajstić information content (AvgIpc) is 2.40. The SMILES string of the molecule is N#Cc1ccc(NC2CCC(N)CC2)c(C(F)(F)F)c1. The molecule has 2 rings (SSSR count). The topological polar surface area (TPSA) is 61.8 Å². The van der Waals surface area contributed by atoms with Crippen molar-refractivity contribution >= 4 is 5.69 Å². The fourth-order valence-electron chi connectivity index (χ4n) is 2.46. The highest BCUT2D eigenvalue weighted by Crippen LogP contribution is 2.36. The Morgan fingerprint density at radius 2 is 1.85 bits per heavy atom. The number of nitrogens with one attached hydrogen (secondary N) is 1. The number of halogens is 3. The van der Waals surface area contributed by atoms with E-state index in [1.165, 1.54) is 12.1 Å². The number of anilines is 1. The summed E-state index contributed by atoms with van der Waals surface area (Å²) in [5.74, 6) is 0. The maximum Gasteiger partial charge on any atom is 0.418 e. The first-order valence-electron chi connectivity index (χ1n) is 6.53. The fourth-order valence-corrected chi connectivity index (χ4v) is 2.46. The molecule has 0 amide bonds. The van der Waals surface area contributed by atoms with Crippen molar-refractivity contribution in [2.45, 2.75) is 43.9 Å². The van der Waals surface area contributed by atoms with Crippen LogP contribution in [0.25, 0.3) is 0 Å². The van der Waals surface area contributed by atoms with Crippen LogP contribution in [0.5, 0.6) is 0 Å². The van der Waals surface area contributed by atoms with Crippen LogP contribution in [0.2, 0.25) is 0 Å². The highest BCUT2D eigenvalue weighted by Gasteiger charge is 2.34. The lowest BCUT2D eigenvalue weighted by molar-refractivity contribution is -0.137. The molecule has 1 aromatic carbocycles. The van der Waals surface area contributed by atoms with E-state index >= 15 is 0 Å². The van der Waals surface area contributed by atoms with E-state index in [1.54, 1.807) is 6.07 Å². The minimum atomic E-state index is -4.47. The molecule has 20 heavy (non-hydrogen) atoms. The zero-order chi connectivity index (χ0) is 14.8. The van der Waals surface area contributed by atoms with Crippen LogP contribution in [0.3, 0.4) is 0 Å². The van der Waals surface area contributed by atoms with Crippen molar-refractivity contribution < 1.29 is 13.2 Å². The molecule has 1 fully saturated rings. The third kappa shape index (κ3) is 3.42. The van der Waals surface area contributed by atoms with Gasteiger partial charge in [0, 0.05) is 17.8 Å². The number of benzene rings is 1. The van der Waals surface area contributed by atoms with Crippen molar-refractivity contribution in [1.82, 2.24) is 0 Å². The highest BCUT2D eigenvalue weighted by atomic mass is 19.4. The lowest BCUT2D eigenvalue weighted by atomic mass is 9.91. The number of alkyl halides is 3. The van der Waals surface area contributed by atoms with Gasteiger partial charge in [0.25, 0.3) is 0 Å². The van der Waals surface area contributed by atoms with Crippen LogP contribution in [0.1, 0.15) is 36.8 Å². The number of hydrogen-bond donors (Lipinski definition) is 2. The van der Waals surface area contributed by atoms with Gasteiger partial charge in [0.2, 0.25) is 0 Å². The number of rotatable bonds is 2. The van der Waals surface area contributed by atoms with Crippen LogP contribution < -0.4 is 11.1 Å². The zero-order valence-corrected chi connectivity index (χ0v) is 10.9. The average molecular weight is 283 g/mol. The first-order chi connectivity index (χ1) is 9.40. The summed E-state index contributed by atoms with van der Waals surface area (Å²) in [6.07, 6.45) is -1.32. The molecule has 1 aromatic rings. The van der Waals surface area contributed by atoms with Crippen molar-refractivity contribution in [3.05, 3.63) is 29.3 Å². The summed E-state index contributed by atoms with van der Waals surface area (Å²) in [7, 11) is 0. The van der Waals surface area contributed by atoms with Crippen molar-refractivity contribution in [1.29, 1.82) is 5.26 Å². The molecule has 3 N–H and O–H groups in total. The number of nitriles is 1. The summed E-state index contributed by atoms with van der Waals surface area (Å²) in [5, 5.41) is 11.7. The van der Waals surface area contributed by atoms with E-state index in [0.29, 0.717) is 0 Å². The van der Waals surface area contributed by atoms with E-state index < -0.39 is 11.7 Å². The van der Waals surface area contributed by atoms with Gasteiger partial charge in [-0.25, -0.2) is 0 Å². The van der Waals surface area contributed by atoms with Crippen molar-refractivity contribution in [2.75, 3.05) is 5.32 Å². The second-order valence-corrected chi connectivity index (χ2v) is 5.13. The molecular weight excluding hydrogens is 267 g/mol. The van der Waals surface area contributed by atoms with Gasteiger partial charge in [0.1, 0.15) is 0 Å². The quantitative estimate of drug-likeness (QED) is 0.875. The number of nitrogens with two attached hydrogens (primary N) is 1. The largest absolute Gasteiger partial charge is 0.418 e. The molecule has 0 heterocycles. The Labute approximate surface area is 115 Å². The number of hydrogen-bond acceptors (Lipinski definition) is 3. The van der Waals surface area contributed by atoms with Crippen molar-refractivity contribution in [3.8, 4) is 6.07 Å². The van der Waals surface area contributed by atoms with Gasteiger partial charge < -0.3 is 11.1 Å². The minimum absolute atomic E-state index is 0.00355. The molecule has 0 radical (unpaired) electrons. The Kier molecular flexibility index (Phi) is 4.19. The van der Waals surface area contributed by atoms with Gasteiger partial charge in [-0.1, -0.05) is 0 Å². The number of nitrogens with zero attached hydrogens (tertiary/aromatic N) is 1. The van der Waals surface area contributed by atoms with Gasteiger partial charge in [0.05, 0.1) is 17.2 Å². The van der Waals surface area contributed by atoms with Crippen LogP contribution in [0.15, 0.2) is 18.2 Å². The van der Waals surface area contributed by atoms with E-state index in [1.807, 2.05) is 0 Å². The molecule has 0 aliphatic heterocycles. The molecule has 1 saturated carbocycles. The summed E-state index contributed by atoms with van der Waals surface area (Å²) in [6.45, 7) is 0. The maximum absolute atomic E-state index is 13.0. The molecule has 6 heteroatoms. The zero-order valence-electron chi connectivity index (χ0n) is 10.9. The predicted molar refractivity (Wildman–Crippen MR) is 70.0 cm³/mol. The minimum Gasteiger partial charge on any atom is -0.382 e. The first-order valence-corrected chi connectivity index (χ1v) is 6.53. The van der Waals surface area contributed by atoms with E-state index in [0.717, 1.165) is 31.7 Å². The summed E-state index contributed by atoms with van der Waals surface area (Å²) >= 11 is 0. The lowest BCUT2D eigenvalue weighted by Gasteiger charge is -2.28. The monoisotopic (exact) mass is 283 g/mol. The van der Waals surface area contributed by atoms with Crippen LogP contribution in [-0.2, 0) is 6.18 Å². The molecule has 0 bridgehead atoms. The molecule has 108 valence electrons. The van der Waals surface area contributed by atoms with E-state index in [9.17, 15) is 13.2 Å². The second kappa shape index (κ2) is 5.71. The third-order valence-corrected chi connectivity index (χ3v) is 3.59. The summed E-state index contributed by atoms with van der Waals surface area (Å²) in [6, 6.07) is 5.49. The van der Waals surface area contributed by atoms with Gasteiger partial charge >= 0.3 is 6.18 Å². The van der Waals surface area contributed by atoms with Crippen LogP contribution in [0, 0.1) is 11.3 Å². The lowest BCUT2D eigenvalue weighted by Crippen LogP contribution is -2.33. The normalized spacial score (nSPS) is 23.1. The molecular formula is C14H16F3N3. The smallest absolute Gasteiger partial charge is 0.382 e. The Balaban J connectivity index is 2.21. The Bertz CT molecular complexity index is 511. The standard InChI is InChI=1S/C14H16F3N3/c15-14(16,17)12-7-9(8-18)1-6-13(12)20-11-4-2-10(19)3-5-11/h1,6-7,10-11,20H,2-5,19H2. The molecule has 1 aliphatic rings. The Hall–Kier alpha value is -1.74. The first kappa shape index (κ1) is 14.7. The van der Waals surface area contributed by atoms with E-state index in [-0.39, 0.29) is 23.3 Å².